The lowest BCUT2D eigenvalue weighted by Crippen LogP contribution is -2.48. The molecule has 0 amide bonds. The van der Waals surface area contributed by atoms with E-state index in [1.54, 1.807) is 5.37 Å². The molecule has 1 atom stereocenters. The number of benzene rings is 1. The Kier molecular flexibility index (Phi) is 4.94. The Morgan fingerprint density at radius 3 is 2.54 bits per heavy atom. The molecule has 1 aliphatic heterocycles. The van der Waals surface area contributed by atoms with Crippen molar-refractivity contribution in [3.8, 4) is 11.5 Å². The van der Waals surface area contributed by atoms with Gasteiger partial charge >= 0.3 is 0 Å². The van der Waals surface area contributed by atoms with Gasteiger partial charge in [-0.3, -0.25) is 5.43 Å². The number of nitrogens with one attached hydrogen (secondary N) is 1. The highest BCUT2D eigenvalue weighted by Crippen LogP contribution is 2.35. The zero-order chi connectivity index (χ0) is 17.3. The molecule has 2 aliphatic rings. The van der Waals surface area contributed by atoms with Crippen molar-refractivity contribution in [3.63, 3.8) is 0 Å². The van der Waals surface area contributed by atoms with E-state index >= 15 is 0 Å². The van der Waals surface area contributed by atoms with Crippen LogP contribution in [0.2, 0.25) is 0 Å². The summed E-state index contributed by atoms with van der Waals surface area (Å²) in [6, 6.07) is 3.63. The molecular formula is C18H25N3O2S. The smallest absolute Gasteiger partial charge is 0.161 e. The number of nitrogens with zero attached hydrogens (tertiary/aromatic N) is 2. The van der Waals surface area contributed by atoms with Crippen molar-refractivity contribution in [2.45, 2.75) is 64.1 Å². The Morgan fingerprint density at radius 1 is 1.21 bits per heavy atom. The second-order valence-corrected chi connectivity index (χ2v) is 7.20. The van der Waals surface area contributed by atoms with Gasteiger partial charge in [0, 0.05) is 17.5 Å². The molecule has 130 valence electrons. The van der Waals surface area contributed by atoms with E-state index in [2.05, 4.69) is 15.4 Å². The number of hydrogen-bond acceptors (Lipinski definition) is 6. The summed E-state index contributed by atoms with van der Waals surface area (Å²) in [5, 5.41) is 26.6. The summed E-state index contributed by atoms with van der Waals surface area (Å²) in [6.07, 6.45) is 5.77. The molecule has 5 nitrogen and oxygen atoms in total. The molecule has 0 bridgehead atoms. The SMILES string of the molecule is CC(C)c1cc(C2=NNC(C=S)N2C2CCCCC2)c(O)cc1O. The van der Waals surface area contributed by atoms with Crippen molar-refractivity contribution < 1.29 is 10.2 Å². The van der Waals surface area contributed by atoms with Gasteiger partial charge in [-0.2, -0.15) is 5.10 Å². The lowest BCUT2D eigenvalue weighted by Gasteiger charge is -2.36. The minimum absolute atomic E-state index is 0.0447. The van der Waals surface area contributed by atoms with Crippen molar-refractivity contribution >= 4 is 23.4 Å². The topological polar surface area (TPSA) is 68.1 Å². The Balaban J connectivity index is 2.00. The zero-order valence-corrected chi connectivity index (χ0v) is 15.0. The monoisotopic (exact) mass is 347 g/mol. The molecule has 0 radical (unpaired) electrons. The summed E-state index contributed by atoms with van der Waals surface area (Å²) in [7, 11) is 0. The van der Waals surface area contributed by atoms with Gasteiger partial charge in [0.15, 0.2) is 5.84 Å². The number of hydrazone groups is 1. The fraction of sp³-hybridized carbons (Fsp3) is 0.556. The summed E-state index contributed by atoms with van der Waals surface area (Å²) in [5.41, 5.74) is 4.53. The number of hydrogen-bond donors (Lipinski definition) is 3. The van der Waals surface area contributed by atoms with Gasteiger partial charge in [-0.05, 0) is 30.4 Å². The highest BCUT2D eigenvalue weighted by Gasteiger charge is 2.35. The van der Waals surface area contributed by atoms with Crippen LogP contribution in [0.4, 0.5) is 0 Å². The largest absolute Gasteiger partial charge is 0.508 e. The molecule has 6 heteroatoms. The second-order valence-electron chi connectivity index (χ2n) is 6.93. The fourth-order valence-electron chi connectivity index (χ4n) is 3.67. The first-order chi connectivity index (χ1) is 11.5. The van der Waals surface area contributed by atoms with Crippen LogP contribution >= 0.6 is 12.2 Å². The summed E-state index contributed by atoms with van der Waals surface area (Å²) >= 11 is 5.18. The van der Waals surface area contributed by atoms with Crippen LogP contribution in [0.1, 0.15) is 63.0 Å². The second kappa shape index (κ2) is 6.97. The summed E-state index contributed by atoms with van der Waals surface area (Å²) in [5.74, 6) is 1.04. The molecule has 24 heavy (non-hydrogen) atoms. The number of phenols is 2. The fourth-order valence-corrected chi connectivity index (χ4v) is 3.86. The van der Waals surface area contributed by atoms with Crippen LogP contribution in [0.15, 0.2) is 17.2 Å². The molecule has 1 aliphatic carbocycles. The van der Waals surface area contributed by atoms with Crippen molar-refractivity contribution in [2.24, 2.45) is 5.10 Å². The number of thiocarbonyl (C=S) groups is 1. The third kappa shape index (κ3) is 3.07. The molecular weight excluding hydrogens is 322 g/mol. The van der Waals surface area contributed by atoms with Gasteiger partial charge in [0.05, 0.1) is 5.56 Å². The molecule has 0 aromatic heterocycles. The lowest BCUT2D eigenvalue weighted by atomic mass is 9.92. The molecule has 1 saturated carbocycles. The van der Waals surface area contributed by atoms with E-state index in [4.69, 9.17) is 12.2 Å². The molecule has 3 rings (SSSR count). The maximum absolute atomic E-state index is 10.4. The van der Waals surface area contributed by atoms with Gasteiger partial charge in [0.2, 0.25) is 0 Å². The van der Waals surface area contributed by atoms with Crippen molar-refractivity contribution in [3.05, 3.63) is 23.3 Å². The van der Waals surface area contributed by atoms with Gasteiger partial charge in [-0.1, -0.05) is 45.3 Å². The molecule has 1 unspecified atom stereocenters. The molecule has 1 aromatic carbocycles. The van der Waals surface area contributed by atoms with Crippen molar-refractivity contribution in [1.29, 1.82) is 0 Å². The van der Waals surface area contributed by atoms with Crippen LogP contribution in [0.3, 0.4) is 0 Å². The summed E-state index contributed by atoms with van der Waals surface area (Å²) in [6.45, 7) is 4.03. The maximum atomic E-state index is 10.4. The van der Waals surface area contributed by atoms with Crippen LogP contribution < -0.4 is 5.43 Å². The number of rotatable bonds is 4. The average Bonchev–Trinajstić information content (AvgIpc) is 2.99. The first-order valence-electron chi connectivity index (χ1n) is 8.66. The zero-order valence-electron chi connectivity index (χ0n) is 14.2. The number of amidine groups is 1. The normalized spacial score (nSPS) is 21.7. The highest BCUT2D eigenvalue weighted by atomic mass is 32.1. The van der Waals surface area contributed by atoms with Gasteiger partial charge in [-0.25, -0.2) is 0 Å². The van der Waals surface area contributed by atoms with Gasteiger partial charge in [0.25, 0.3) is 0 Å². The predicted molar refractivity (Wildman–Crippen MR) is 99.7 cm³/mol. The Morgan fingerprint density at radius 2 is 1.92 bits per heavy atom. The third-order valence-corrected chi connectivity index (χ3v) is 5.21. The standard InChI is InChI=1S/C18H25N3O2S/c1-11(2)13-8-14(16(23)9-15(13)22)18-20-19-17(10-24)21(18)12-6-4-3-5-7-12/h8-12,17,19,22-23H,3-7H2,1-2H3. The van der Waals surface area contributed by atoms with Crippen LogP contribution in [-0.4, -0.2) is 38.5 Å². The minimum atomic E-state index is -0.131. The molecule has 1 fully saturated rings. The lowest BCUT2D eigenvalue weighted by molar-refractivity contribution is 0.226. The molecule has 1 heterocycles. The summed E-state index contributed by atoms with van der Waals surface area (Å²) in [4.78, 5) is 2.20. The van der Waals surface area contributed by atoms with Crippen LogP contribution in [0.5, 0.6) is 11.5 Å². The van der Waals surface area contributed by atoms with E-state index in [9.17, 15) is 10.2 Å². The summed E-state index contributed by atoms with van der Waals surface area (Å²) < 4.78 is 0. The minimum Gasteiger partial charge on any atom is -0.508 e. The molecule has 3 N–H and O–H groups in total. The van der Waals surface area contributed by atoms with Crippen molar-refractivity contribution in [1.82, 2.24) is 10.3 Å². The predicted octanol–water partition coefficient (Wildman–Crippen LogP) is 3.45. The van der Waals surface area contributed by atoms with E-state index in [1.807, 2.05) is 19.9 Å². The van der Waals surface area contributed by atoms with E-state index in [-0.39, 0.29) is 23.6 Å². The Hall–Kier alpha value is -1.82. The molecule has 0 saturated heterocycles. The van der Waals surface area contributed by atoms with Crippen LogP contribution in [-0.2, 0) is 0 Å². The third-order valence-electron chi connectivity index (χ3n) is 4.95. The number of phenolic OH excluding ortho intramolecular Hbond substituents is 2. The Labute approximate surface area is 148 Å². The number of aromatic hydroxyl groups is 2. The average molecular weight is 347 g/mol. The van der Waals surface area contributed by atoms with Gasteiger partial charge in [0.1, 0.15) is 17.7 Å². The molecule has 1 aromatic rings. The van der Waals surface area contributed by atoms with E-state index < -0.39 is 0 Å². The highest BCUT2D eigenvalue weighted by molar-refractivity contribution is 7.79. The first kappa shape index (κ1) is 17.0. The van der Waals surface area contributed by atoms with Crippen molar-refractivity contribution in [2.75, 3.05) is 0 Å². The Bertz CT molecular complexity index is 654. The molecule has 0 spiro atoms. The first-order valence-corrected chi connectivity index (χ1v) is 9.13. The van der Waals surface area contributed by atoms with Gasteiger partial charge < -0.3 is 15.1 Å². The van der Waals surface area contributed by atoms with E-state index in [0.717, 1.165) is 18.4 Å². The van der Waals surface area contributed by atoms with E-state index in [1.165, 1.54) is 25.3 Å². The maximum Gasteiger partial charge on any atom is 0.161 e. The van der Waals surface area contributed by atoms with Gasteiger partial charge in [-0.15, -0.1) is 0 Å². The quantitative estimate of drug-likeness (QED) is 0.728. The van der Waals surface area contributed by atoms with E-state index in [0.29, 0.717) is 17.4 Å². The van der Waals surface area contributed by atoms with Crippen LogP contribution in [0.25, 0.3) is 0 Å². The van der Waals surface area contributed by atoms with Crippen LogP contribution in [0, 0.1) is 0 Å².